The highest BCUT2D eigenvalue weighted by atomic mass is 79.9. The van der Waals surface area contributed by atoms with E-state index in [1.54, 1.807) is 7.11 Å². The minimum atomic E-state index is -0.297. The minimum absolute atomic E-state index is 0.297. The van der Waals surface area contributed by atoms with E-state index in [1.807, 2.05) is 39.0 Å². The molecule has 0 atom stereocenters. The van der Waals surface area contributed by atoms with Crippen LogP contribution in [0.15, 0.2) is 33.8 Å². The summed E-state index contributed by atoms with van der Waals surface area (Å²) < 4.78 is 11.1. The van der Waals surface area contributed by atoms with Gasteiger partial charge in [-0.15, -0.1) is 0 Å². The van der Waals surface area contributed by atoms with Gasteiger partial charge < -0.3 is 9.47 Å². The van der Waals surface area contributed by atoms with E-state index < -0.39 is 0 Å². The number of ether oxygens (including phenoxy) is 2. The van der Waals surface area contributed by atoms with Crippen molar-refractivity contribution in [3.05, 3.63) is 45.0 Å². The van der Waals surface area contributed by atoms with Crippen LogP contribution in [0.25, 0.3) is 6.08 Å². The Morgan fingerprint density at radius 3 is 2.50 bits per heavy atom. The van der Waals surface area contributed by atoms with Crippen LogP contribution < -0.4 is 4.74 Å². The van der Waals surface area contributed by atoms with E-state index >= 15 is 0 Å². The third-order valence-corrected chi connectivity index (χ3v) is 4.02. The standard InChI is InChI=1S/C18H23BrO3/c1-12(2)7-6-8-14(18(20)22-5)11-15-9-13(3)10-16(21-4)17(15)19/h7,9-11H,6,8H2,1-5H3/b14-11+. The Morgan fingerprint density at radius 2 is 1.95 bits per heavy atom. The Morgan fingerprint density at radius 1 is 1.27 bits per heavy atom. The molecule has 0 saturated carbocycles. The lowest BCUT2D eigenvalue weighted by atomic mass is 10.0. The van der Waals surface area contributed by atoms with Crippen LogP contribution >= 0.6 is 15.9 Å². The number of rotatable bonds is 6. The Balaban J connectivity index is 3.18. The zero-order chi connectivity index (χ0) is 16.7. The summed E-state index contributed by atoms with van der Waals surface area (Å²) in [5.74, 6) is 0.453. The molecule has 22 heavy (non-hydrogen) atoms. The van der Waals surface area contributed by atoms with Gasteiger partial charge in [-0.05, 0) is 72.8 Å². The van der Waals surface area contributed by atoms with Crippen molar-refractivity contribution in [2.75, 3.05) is 14.2 Å². The number of allylic oxidation sites excluding steroid dienone is 2. The minimum Gasteiger partial charge on any atom is -0.496 e. The zero-order valence-electron chi connectivity index (χ0n) is 13.8. The molecule has 0 aliphatic heterocycles. The molecule has 0 aromatic heterocycles. The van der Waals surface area contributed by atoms with Crippen LogP contribution in [0.1, 0.15) is 37.8 Å². The molecule has 0 N–H and O–H groups in total. The van der Waals surface area contributed by atoms with Gasteiger partial charge in [0, 0.05) is 5.57 Å². The number of hydrogen-bond acceptors (Lipinski definition) is 3. The molecule has 120 valence electrons. The molecule has 1 rings (SSSR count). The van der Waals surface area contributed by atoms with E-state index in [0.717, 1.165) is 27.8 Å². The first-order valence-electron chi connectivity index (χ1n) is 7.15. The fourth-order valence-corrected chi connectivity index (χ4v) is 2.59. The van der Waals surface area contributed by atoms with Crippen LogP contribution in [-0.4, -0.2) is 20.2 Å². The van der Waals surface area contributed by atoms with Crippen molar-refractivity contribution < 1.29 is 14.3 Å². The largest absolute Gasteiger partial charge is 0.496 e. The van der Waals surface area contributed by atoms with Gasteiger partial charge in [-0.25, -0.2) is 4.79 Å². The van der Waals surface area contributed by atoms with Gasteiger partial charge >= 0.3 is 5.97 Å². The summed E-state index contributed by atoms with van der Waals surface area (Å²) in [5.41, 5.74) is 3.87. The summed E-state index contributed by atoms with van der Waals surface area (Å²) in [4.78, 5) is 12.0. The monoisotopic (exact) mass is 366 g/mol. The maximum absolute atomic E-state index is 12.0. The topological polar surface area (TPSA) is 35.5 Å². The second-order valence-electron chi connectivity index (χ2n) is 5.35. The molecule has 0 radical (unpaired) electrons. The molecule has 0 saturated heterocycles. The number of esters is 1. The van der Waals surface area contributed by atoms with Crippen LogP contribution in [0.2, 0.25) is 0 Å². The number of aryl methyl sites for hydroxylation is 1. The van der Waals surface area contributed by atoms with Gasteiger partial charge in [-0.2, -0.15) is 0 Å². The highest BCUT2D eigenvalue weighted by Gasteiger charge is 2.12. The maximum Gasteiger partial charge on any atom is 0.333 e. The van der Waals surface area contributed by atoms with Crippen molar-refractivity contribution in [2.45, 2.75) is 33.6 Å². The summed E-state index contributed by atoms with van der Waals surface area (Å²) in [6.07, 6.45) is 5.43. The van der Waals surface area contributed by atoms with Crippen LogP contribution in [-0.2, 0) is 9.53 Å². The molecule has 0 spiro atoms. The molecule has 0 amide bonds. The average molecular weight is 367 g/mol. The number of halogens is 1. The lowest BCUT2D eigenvalue weighted by Gasteiger charge is -2.10. The first-order valence-corrected chi connectivity index (χ1v) is 7.94. The van der Waals surface area contributed by atoms with Crippen molar-refractivity contribution in [1.82, 2.24) is 0 Å². The van der Waals surface area contributed by atoms with Crippen molar-refractivity contribution >= 4 is 28.0 Å². The number of carbonyl (C=O) groups is 1. The van der Waals surface area contributed by atoms with Gasteiger partial charge in [-0.1, -0.05) is 17.7 Å². The number of benzene rings is 1. The lowest BCUT2D eigenvalue weighted by molar-refractivity contribution is -0.136. The normalized spacial score (nSPS) is 11.1. The highest BCUT2D eigenvalue weighted by Crippen LogP contribution is 2.32. The Bertz CT molecular complexity index is 597. The number of methoxy groups -OCH3 is 2. The fourth-order valence-electron chi connectivity index (χ4n) is 2.08. The zero-order valence-corrected chi connectivity index (χ0v) is 15.4. The van der Waals surface area contributed by atoms with E-state index in [0.29, 0.717) is 12.0 Å². The Labute approximate surface area is 141 Å². The maximum atomic E-state index is 12.0. The van der Waals surface area contributed by atoms with Gasteiger partial charge in [0.25, 0.3) is 0 Å². The van der Waals surface area contributed by atoms with E-state index in [1.165, 1.54) is 12.7 Å². The van der Waals surface area contributed by atoms with Gasteiger partial charge in [0.1, 0.15) is 5.75 Å². The average Bonchev–Trinajstić information content (AvgIpc) is 2.48. The van der Waals surface area contributed by atoms with Gasteiger partial charge in [0.05, 0.1) is 18.7 Å². The number of hydrogen-bond donors (Lipinski definition) is 0. The van der Waals surface area contributed by atoms with E-state index in [-0.39, 0.29) is 5.97 Å². The first kappa shape index (κ1) is 18.5. The summed E-state index contributed by atoms with van der Waals surface area (Å²) in [6.45, 7) is 6.08. The van der Waals surface area contributed by atoms with Gasteiger partial charge in [-0.3, -0.25) is 0 Å². The third-order valence-electron chi connectivity index (χ3n) is 3.18. The summed E-state index contributed by atoms with van der Waals surface area (Å²) in [7, 11) is 3.03. The second kappa shape index (κ2) is 8.79. The first-order chi connectivity index (χ1) is 10.4. The summed E-state index contributed by atoms with van der Waals surface area (Å²) in [5, 5.41) is 0. The quantitative estimate of drug-likeness (QED) is 0.400. The molecule has 0 aliphatic carbocycles. The molecule has 0 bridgehead atoms. The van der Waals surface area contributed by atoms with E-state index in [4.69, 9.17) is 9.47 Å². The third kappa shape index (κ3) is 5.34. The Kier molecular flexibility index (Phi) is 7.39. The van der Waals surface area contributed by atoms with Crippen molar-refractivity contribution in [2.24, 2.45) is 0 Å². The molecule has 0 aliphatic rings. The molecular formula is C18H23BrO3. The number of carbonyl (C=O) groups excluding carboxylic acids is 1. The van der Waals surface area contributed by atoms with Crippen LogP contribution in [0.5, 0.6) is 5.75 Å². The van der Waals surface area contributed by atoms with Crippen LogP contribution in [0, 0.1) is 6.92 Å². The van der Waals surface area contributed by atoms with E-state index in [9.17, 15) is 4.79 Å². The molecular weight excluding hydrogens is 344 g/mol. The molecule has 3 nitrogen and oxygen atoms in total. The smallest absolute Gasteiger partial charge is 0.333 e. The lowest BCUT2D eigenvalue weighted by Crippen LogP contribution is -2.05. The van der Waals surface area contributed by atoms with E-state index in [2.05, 4.69) is 22.0 Å². The SMILES string of the molecule is COC(=O)/C(=C/c1cc(C)cc(OC)c1Br)CCC=C(C)C. The molecule has 4 heteroatoms. The van der Waals surface area contributed by atoms with Gasteiger partial charge in [0.2, 0.25) is 0 Å². The van der Waals surface area contributed by atoms with Crippen molar-refractivity contribution in [3.8, 4) is 5.75 Å². The fraction of sp³-hybridized carbons (Fsp3) is 0.389. The summed E-state index contributed by atoms with van der Waals surface area (Å²) in [6, 6.07) is 3.96. The molecule has 1 aromatic carbocycles. The predicted molar refractivity (Wildman–Crippen MR) is 94.1 cm³/mol. The van der Waals surface area contributed by atoms with Gasteiger partial charge in [0.15, 0.2) is 0 Å². The Hall–Kier alpha value is -1.55. The van der Waals surface area contributed by atoms with Crippen LogP contribution in [0.3, 0.4) is 0 Å². The second-order valence-corrected chi connectivity index (χ2v) is 6.14. The molecule has 0 heterocycles. The molecule has 0 fully saturated rings. The van der Waals surface area contributed by atoms with Crippen LogP contribution in [0.4, 0.5) is 0 Å². The van der Waals surface area contributed by atoms with Crippen molar-refractivity contribution in [1.29, 1.82) is 0 Å². The molecule has 1 aromatic rings. The van der Waals surface area contributed by atoms with Crippen molar-refractivity contribution in [3.63, 3.8) is 0 Å². The predicted octanol–water partition coefficient (Wildman–Crippen LogP) is 5.07. The molecule has 0 unspecified atom stereocenters. The summed E-state index contributed by atoms with van der Waals surface area (Å²) >= 11 is 3.53. The highest BCUT2D eigenvalue weighted by molar-refractivity contribution is 9.10.